The lowest BCUT2D eigenvalue weighted by atomic mass is 10.0. The number of urea groups is 1. The Hall–Kier alpha value is -0.810. The van der Waals surface area contributed by atoms with E-state index < -0.39 is 11.9 Å². The Morgan fingerprint density at radius 2 is 2.19 bits per heavy atom. The maximum Gasteiger partial charge on any atom is 0.321 e. The number of imide groups is 1. The SMILES string of the molecule is CN1CCCCC1CNC(=O)NC(=O)CCl. The number of likely N-dealkylation sites (N-methyl/N-ethyl adjacent to an activating group) is 1. The lowest BCUT2D eigenvalue weighted by Crippen LogP contribution is -2.48. The Kier molecular flexibility index (Phi) is 5.55. The van der Waals surface area contributed by atoms with E-state index in [0.717, 1.165) is 13.0 Å². The van der Waals surface area contributed by atoms with Crippen LogP contribution in [0.4, 0.5) is 4.79 Å². The molecule has 2 N–H and O–H groups in total. The number of nitrogens with one attached hydrogen (secondary N) is 2. The molecule has 0 aliphatic carbocycles. The van der Waals surface area contributed by atoms with Gasteiger partial charge in [-0.1, -0.05) is 6.42 Å². The fourth-order valence-corrected chi connectivity index (χ4v) is 1.88. The van der Waals surface area contributed by atoms with E-state index in [1.165, 1.54) is 12.8 Å². The normalized spacial score (nSPS) is 21.5. The summed E-state index contributed by atoms with van der Waals surface area (Å²) in [6, 6.07) is -0.102. The first kappa shape index (κ1) is 13.3. The lowest BCUT2D eigenvalue weighted by Gasteiger charge is -2.32. The second-order valence-corrected chi connectivity index (χ2v) is 4.29. The van der Waals surface area contributed by atoms with Crippen LogP contribution in [0.1, 0.15) is 19.3 Å². The number of rotatable bonds is 3. The Labute approximate surface area is 101 Å². The van der Waals surface area contributed by atoms with Gasteiger partial charge in [0.1, 0.15) is 5.88 Å². The molecule has 1 saturated heterocycles. The molecule has 0 aromatic rings. The minimum absolute atomic E-state index is 0.198. The van der Waals surface area contributed by atoms with Gasteiger partial charge in [-0.05, 0) is 26.4 Å². The molecule has 6 heteroatoms. The highest BCUT2D eigenvalue weighted by Crippen LogP contribution is 2.13. The summed E-state index contributed by atoms with van der Waals surface area (Å²) in [5.74, 6) is -0.673. The molecule has 3 amide bonds. The van der Waals surface area contributed by atoms with Crippen molar-refractivity contribution in [1.29, 1.82) is 0 Å². The van der Waals surface area contributed by atoms with Gasteiger partial charge in [-0.25, -0.2) is 4.79 Å². The van der Waals surface area contributed by atoms with E-state index in [1.807, 2.05) is 7.05 Å². The molecule has 0 bridgehead atoms. The number of likely N-dealkylation sites (tertiary alicyclic amines) is 1. The summed E-state index contributed by atoms with van der Waals surface area (Å²) in [7, 11) is 2.05. The standard InChI is InChI=1S/C10H18ClN3O2/c1-14-5-3-2-4-8(14)7-12-10(16)13-9(15)6-11/h8H,2-7H2,1H3,(H2,12,13,15,16). The topological polar surface area (TPSA) is 61.4 Å². The predicted molar refractivity (Wildman–Crippen MR) is 62.5 cm³/mol. The van der Waals surface area contributed by atoms with E-state index in [2.05, 4.69) is 15.5 Å². The molecule has 0 aromatic carbocycles. The second-order valence-electron chi connectivity index (χ2n) is 4.02. The summed E-state index contributed by atoms with van der Waals surface area (Å²) in [6.07, 6.45) is 3.49. The largest absolute Gasteiger partial charge is 0.336 e. The van der Waals surface area contributed by atoms with Crippen molar-refractivity contribution in [3.05, 3.63) is 0 Å². The van der Waals surface area contributed by atoms with Crippen LogP contribution < -0.4 is 10.6 Å². The summed E-state index contributed by atoms with van der Waals surface area (Å²) in [6.45, 7) is 1.63. The number of piperidine rings is 1. The van der Waals surface area contributed by atoms with E-state index in [9.17, 15) is 9.59 Å². The number of nitrogens with zero attached hydrogens (tertiary/aromatic N) is 1. The summed E-state index contributed by atoms with van der Waals surface area (Å²) < 4.78 is 0. The fourth-order valence-electron chi connectivity index (χ4n) is 1.82. The Balaban J connectivity index is 2.22. The van der Waals surface area contributed by atoms with Gasteiger partial charge in [0.05, 0.1) is 0 Å². The van der Waals surface area contributed by atoms with Crippen LogP contribution in [0, 0.1) is 0 Å². The van der Waals surface area contributed by atoms with Crippen LogP contribution >= 0.6 is 11.6 Å². The van der Waals surface area contributed by atoms with Crippen LogP contribution in [-0.4, -0.2) is 48.9 Å². The fraction of sp³-hybridized carbons (Fsp3) is 0.800. The lowest BCUT2D eigenvalue weighted by molar-refractivity contribution is -0.117. The van der Waals surface area contributed by atoms with Gasteiger partial charge in [-0.15, -0.1) is 11.6 Å². The van der Waals surface area contributed by atoms with Crippen molar-refractivity contribution in [2.24, 2.45) is 0 Å². The molecule has 92 valence electrons. The van der Waals surface area contributed by atoms with E-state index in [-0.39, 0.29) is 5.88 Å². The third-order valence-corrected chi connectivity index (χ3v) is 3.04. The van der Waals surface area contributed by atoms with Crippen molar-refractivity contribution in [3.8, 4) is 0 Å². The van der Waals surface area contributed by atoms with Crippen molar-refractivity contribution in [3.63, 3.8) is 0 Å². The Bertz CT molecular complexity index is 260. The molecule has 1 aliphatic heterocycles. The predicted octanol–water partition coefficient (Wildman–Crippen LogP) is 0.535. The number of carbonyl (C=O) groups excluding carboxylic acids is 2. The smallest absolute Gasteiger partial charge is 0.321 e. The molecule has 0 saturated carbocycles. The van der Waals surface area contributed by atoms with Crippen LogP contribution in [0.3, 0.4) is 0 Å². The molecule has 0 spiro atoms. The van der Waals surface area contributed by atoms with Crippen molar-refractivity contribution in [2.75, 3.05) is 26.0 Å². The van der Waals surface area contributed by atoms with E-state index in [0.29, 0.717) is 12.6 Å². The number of hydrogen-bond donors (Lipinski definition) is 2. The van der Waals surface area contributed by atoms with Crippen LogP contribution in [0.2, 0.25) is 0 Å². The van der Waals surface area contributed by atoms with Gasteiger partial charge in [0, 0.05) is 12.6 Å². The molecule has 1 unspecified atom stereocenters. The number of amides is 3. The highest BCUT2D eigenvalue weighted by molar-refractivity contribution is 6.28. The van der Waals surface area contributed by atoms with Crippen LogP contribution in [0.5, 0.6) is 0 Å². The van der Waals surface area contributed by atoms with E-state index >= 15 is 0 Å². The third kappa shape index (κ3) is 4.37. The van der Waals surface area contributed by atoms with Crippen LogP contribution in [0.15, 0.2) is 0 Å². The molecule has 1 heterocycles. The molecule has 1 fully saturated rings. The van der Waals surface area contributed by atoms with Gasteiger partial charge in [-0.2, -0.15) is 0 Å². The Morgan fingerprint density at radius 3 is 2.81 bits per heavy atom. The Morgan fingerprint density at radius 1 is 1.44 bits per heavy atom. The first-order chi connectivity index (χ1) is 7.63. The molecular formula is C10H18ClN3O2. The van der Waals surface area contributed by atoms with Gasteiger partial charge in [0.2, 0.25) is 5.91 Å². The molecular weight excluding hydrogens is 230 g/mol. The number of alkyl halides is 1. The van der Waals surface area contributed by atoms with E-state index in [1.54, 1.807) is 0 Å². The van der Waals surface area contributed by atoms with Crippen molar-refractivity contribution >= 4 is 23.5 Å². The summed E-state index contributed by atoms with van der Waals surface area (Å²) in [5.41, 5.74) is 0. The average Bonchev–Trinajstić information content (AvgIpc) is 2.28. The first-order valence-corrected chi connectivity index (χ1v) is 6.01. The molecule has 16 heavy (non-hydrogen) atoms. The van der Waals surface area contributed by atoms with Crippen molar-refractivity contribution < 1.29 is 9.59 Å². The van der Waals surface area contributed by atoms with Crippen LogP contribution in [-0.2, 0) is 4.79 Å². The van der Waals surface area contributed by atoms with Gasteiger partial charge in [0.15, 0.2) is 0 Å². The first-order valence-electron chi connectivity index (χ1n) is 5.47. The van der Waals surface area contributed by atoms with Gasteiger partial charge >= 0.3 is 6.03 Å². The van der Waals surface area contributed by atoms with E-state index in [4.69, 9.17) is 11.6 Å². The third-order valence-electron chi connectivity index (χ3n) is 2.79. The zero-order valence-electron chi connectivity index (χ0n) is 9.46. The highest BCUT2D eigenvalue weighted by atomic mass is 35.5. The maximum atomic E-state index is 11.2. The summed E-state index contributed by atoms with van der Waals surface area (Å²) in [5, 5.41) is 4.82. The minimum atomic E-state index is -0.476. The maximum absolute atomic E-state index is 11.2. The zero-order valence-corrected chi connectivity index (χ0v) is 10.2. The number of carbonyl (C=O) groups is 2. The minimum Gasteiger partial charge on any atom is -0.336 e. The summed E-state index contributed by atoms with van der Waals surface area (Å²) in [4.78, 5) is 24.3. The molecule has 1 atom stereocenters. The average molecular weight is 248 g/mol. The van der Waals surface area contributed by atoms with Gasteiger partial charge < -0.3 is 10.2 Å². The molecule has 0 aromatic heterocycles. The zero-order chi connectivity index (χ0) is 12.0. The van der Waals surface area contributed by atoms with Crippen LogP contribution in [0.25, 0.3) is 0 Å². The molecule has 5 nitrogen and oxygen atoms in total. The number of hydrogen-bond acceptors (Lipinski definition) is 3. The molecule has 0 radical (unpaired) electrons. The monoisotopic (exact) mass is 247 g/mol. The quantitative estimate of drug-likeness (QED) is 0.716. The molecule has 1 rings (SSSR count). The van der Waals surface area contributed by atoms with Crippen molar-refractivity contribution in [1.82, 2.24) is 15.5 Å². The van der Waals surface area contributed by atoms with Crippen molar-refractivity contribution in [2.45, 2.75) is 25.3 Å². The van der Waals surface area contributed by atoms with Gasteiger partial charge in [0.25, 0.3) is 0 Å². The summed E-state index contributed by atoms with van der Waals surface area (Å²) >= 11 is 5.27. The second kappa shape index (κ2) is 6.70. The number of halogens is 1. The highest BCUT2D eigenvalue weighted by Gasteiger charge is 2.19. The van der Waals surface area contributed by atoms with Gasteiger partial charge in [-0.3, -0.25) is 10.1 Å². The molecule has 1 aliphatic rings.